The molecular weight excluding hydrogens is 252 g/mol. The van der Waals surface area contributed by atoms with E-state index in [0.717, 1.165) is 43.3 Å². The maximum Gasteiger partial charge on any atom is 0.204 e. The van der Waals surface area contributed by atoms with Gasteiger partial charge in [0.05, 0.1) is 7.11 Å². The average molecular weight is 280 g/mol. The van der Waals surface area contributed by atoms with Crippen molar-refractivity contribution in [2.75, 3.05) is 30.4 Å². The van der Waals surface area contributed by atoms with Gasteiger partial charge in [-0.1, -0.05) is 20.3 Å². The van der Waals surface area contributed by atoms with Crippen molar-refractivity contribution in [2.24, 2.45) is 0 Å². The van der Waals surface area contributed by atoms with Crippen molar-refractivity contribution in [1.82, 2.24) is 9.97 Å². The van der Waals surface area contributed by atoms with Gasteiger partial charge in [-0.25, -0.2) is 9.97 Å². The van der Waals surface area contributed by atoms with Crippen LogP contribution < -0.4 is 15.0 Å². The van der Waals surface area contributed by atoms with Gasteiger partial charge in [-0.05, 0) is 26.7 Å². The summed E-state index contributed by atoms with van der Waals surface area (Å²) in [6.07, 6.45) is 5.00. The number of rotatable bonds is 9. The molecule has 1 rings (SSSR count). The van der Waals surface area contributed by atoms with Crippen LogP contribution in [0.25, 0.3) is 0 Å². The van der Waals surface area contributed by atoms with E-state index >= 15 is 0 Å². The number of hydrogen-bond donors (Lipinski definition) is 1. The van der Waals surface area contributed by atoms with Gasteiger partial charge in [-0.3, -0.25) is 0 Å². The lowest BCUT2D eigenvalue weighted by Gasteiger charge is -2.31. The summed E-state index contributed by atoms with van der Waals surface area (Å²) in [6, 6.07) is 0.430. The molecule has 0 fully saturated rings. The Morgan fingerprint density at radius 1 is 1.30 bits per heavy atom. The van der Waals surface area contributed by atoms with Crippen molar-refractivity contribution in [3.8, 4) is 5.75 Å². The van der Waals surface area contributed by atoms with Crippen molar-refractivity contribution >= 4 is 11.6 Å². The average Bonchev–Trinajstić information content (AvgIpc) is 2.47. The molecule has 5 heteroatoms. The molecule has 0 spiro atoms. The Morgan fingerprint density at radius 3 is 2.60 bits per heavy atom. The Kier molecular flexibility index (Phi) is 7.12. The smallest absolute Gasteiger partial charge is 0.204 e. The van der Waals surface area contributed by atoms with Gasteiger partial charge >= 0.3 is 0 Å². The molecule has 5 nitrogen and oxygen atoms in total. The second kappa shape index (κ2) is 8.61. The van der Waals surface area contributed by atoms with Crippen LogP contribution in [-0.2, 0) is 0 Å². The minimum atomic E-state index is 0.430. The highest BCUT2D eigenvalue weighted by molar-refractivity contribution is 5.65. The molecule has 0 amide bonds. The normalized spacial score (nSPS) is 12.1. The molecule has 1 atom stereocenters. The molecule has 0 aromatic carbocycles. The first-order valence-corrected chi connectivity index (χ1v) is 7.58. The predicted octanol–water partition coefficient (Wildman–Crippen LogP) is 3.32. The van der Waals surface area contributed by atoms with Crippen molar-refractivity contribution < 1.29 is 4.74 Å². The monoisotopic (exact) mass is 280 g/mol. The second-order valence-corrected chi connectivity index (χ2v) is 4.91. The highest BCUT2D eigenvalue weighted by Crippen LogP contribution is 2.33. The Bertz CT molecular complexity index is 397. The van der Waals surface area contributed by atoms with Crippen molar-refractivity contribution in [1.29, 1.82) is 0 Å². The molecular formula is C15H28N4O. The summed E-state index contributed by atoms with van der Waals surface area (Å²) >= 11 is 0. The molecule has 0 saturated heterocycles. The summed E-state index contributed by atoms with van der Waals surface area (Å²) in [5.74, 6) is 2.40. The number of aromatic nitrogens is 2. The summed E-state index contributed by atoms with van der Waals surface area (Å²) < 4.78 is 5.56. The molecule has 0 bridgehead atoms. The van der Waals surface area contributed by atoms with E-state index in [0.29, 0.717) is 6.04 Å². The van der Waals surface area contributed by atoms with Gasteiger partial charge in [0.2, 0.25) is 5.75 Å². The van der Waals surface area contributed by atoms with E-state index in [-0.39, 0.29) is 0 Å². The number of nitrogens with one attached hydrogen (secondary N) is 1. The number of ether oxygens (including phenoxy) is 1. The maximum atomic E-state index is 5.56. The molecule has 20 heavy (non-hydrogen) atoms. The predicted molar refractivity (Wildman–Crippen MR) is 84.8 cm³/mol. The second-order valence-electron chi connectivity index (χ2n) is 4.91. The van der Waals surface area contributed by atoms with Crippen LogP contribution in [0, 0.1) is 0 Å². The number of anilines is 2. The Hall–Kier alpha value is -1.52. The summed E-state index contributed by atoms with van der Waals surface area (Å²) in [5.41, 5.74) is 0. The maximum absolute atomic E-state index is 5.56. The Morgan fingerprint density at radius 2 is 2.05 bits per heavy atom. The van der Waals surface area contributed by atoms with Crippen molar-refractivity contribution in [3.63, 3.8) is 0 Å². The molecule has 0 saturated carbocycles. The molecule has 1 aromatic heterocycles. The van der Waals surface area contributed by atoms with E-state index in [2.05, 4.69) is 41.0 Å². The van der Waals surface area contributed by atoms with Crippen LogP contribution in [0.3, 0.4) is 0 Å². The molecule has 1 heterocycles. The van der Waals surface area contributed by atoms with E-state index < -0.39 is 0 Å². The lowest BCUT2D eigenvalue weighted by atomic mass is 10.2. The third-order valence-electron chi connectivity index (χ3n) is 3.48. The minimum Gasteiger partial charge on any atom is -0.490 e. The summed E-state index contributed by atoms with van der Waals surface area (Å²) in [7, 11) is 1.68. The quantitative estimate of drug-likeness (QED) is 0.752. The molecule has 0 aliphatic heterocycles. The summed E-state index contributed by atoms with van der Waals surface area (Å²) in [6.45, 7) is 10.5. The third-order valence-corrected chi connectivity index (χ3v) is 3.48. The van der Waals surface area contributed by atoms with E-state index in [4.69, 9.17) is 4.74 Å². The molecule has 0 aliphatic rings. The van der Waals surface area contributed by atoms with Crippen LogP contribution in [-0.4, -0.2) is 36.2 Å². The van der Waals surface area contributed by atoms with Crippen LogP contribution in [0.1, 0.15) is 47.0 Å². The minimum absolute atomic E-state index is 0.430. The van der Waals surface area contributed by atoms with E-state index in [1.807, 2.05) is 6.92 Å². The molecule has 1 aromatic rings. The first-order valence-electron chi connectivity index (χ1n) is 7.58. The Balaban J connectivity index is 3.13. The fraction of sp³-hybridized carbons (Fsp3) is 0.733. The SMILES string of the molecule is CCCCN(c1ncnc(NCC)c1OC)C(C)CC. The molecule has 0 aliphatic carbocycles. The molecule has 0 radical (unpaired) electrons. The first-order chi connectivity index (χ1) is 9.69. The fourth-order valence-electron chi connectivity index (χ4n) is 2.13. The number of hydrogen-bond acceptors (Lipinski definition) is 5. The van der Waals surface area contributed by atoms with Gasteiger partial charge < -0.3 is 15.0 Å². The molecule has 1 N–H and O–H groups in total. The number of methoxy groups -OCH3 is 1. The highest BCUT2D eigenvalue weighted by Gasteiger charge is 2.21. The van der Waals surface area contributed by atoms with Crippen molar-refractivity contribution in [3.05, 3.63) is 6.33 Å². The topological polar surface area (TPSA) is 50.3 Å². The van der Waals surface area contributed by atoms with E-state index in [9.17, 15) is 0 Å². The Labute approximate surface area is 122 Å². The molecule has 114 valence electrons. The summed E-state index contributed by atoms with van der Waals surface area (Å²) in [5, 5.41) is 3.23. The number of nitrogens with zero attached hydrogens (tertiary/aromatic N) is 3. The highest BCUT2D eigenvalue weighted by atomic mass is 16.5. The van der Waals surface area contributed by atoms with Crippen LogP contribution in [0.2, 0.25) is 0 Å². The van der Waals surface area contributed by atoms with Gasteiger partial charge in [-0.15, -0.1) is 0 Å². The van der Waals surface area contributed by atoms with Gasteiger partial charge in [-0.2, -0.15) is 0 Å². The lowest BCUT2D eigenvalue weighted by molar-refractivity contribution is 0.409. The van der Waals surface area contributed by atoms with Gasteiger partial charge in [0.25, 0.3) is 0 Å². The number of unbranched alkanes of at least 4 members (excludes halogenated alkanes) is 1. The fourth-order valence-corrected chi connectivity index (χ4v) is 2.13. The standard InChI is InChI=1S/C15H28N4O/c1-6-9-10-19(12(4)7-2)15-13(20-5)14(16-8-3)17-11-18-15/h11-12H,6-10H2,1-5H3,(H,16,17,18). The van der Waals surface area contributed by atoms with Crippen LogP contribution in [0.15, 0.2) is 6.33 Å². The molecule has 1 unspecified atom stereocenters. The first kappa shape index (κ1) is 16.5. The van der Waals surface area contributed by atoms with E-state index in [1.165, 1.54) is 6.42 Å². The van der Waals surface area contributed by atoms with Crippen LogP contribution in [0.5, 0.6) is 5.75 Å². The van der Waals surface area contributed by atoms with E-state index in [1.54, 1.807) is 13.4 Å². The van der Waals surface area contributed by atoms with Crippen LogP contribution in [0.4, 0.5) is 11.6 Å². The summed E-state index contributed by atoms with van der Waals surface area (Å²) in [4.78, 5) is 11.1. The van der Waals surface area contributed by atoms with Gasteiger partial charge in [0.1, 0.15) is 6.33 Å². The largest absolute Gasteiger partial charge is 0.490 e. The zero-order valence-electron chi connectivity index (χ0n) is 13.4. The lowest BCUT2D eigenvalue weighted by Crippen LogP contribution is -2.34. The van der Waals surface area contributed by atoms with Gasteiger partial charge in [0, 0.05) is 19.1 Å². The zero-order valence-corrected chi connectivity index (χ0v) is 13.4. The van der Waals surface area contributed by atoms with Gasteiger partial charge in [0.15, 0.2) is 11.6 Å². The zero-order chi connectivity index (χ0) is 15.0. The van der Waals surface area contributed by atoms with Crippen LogP contribution >= 0.6 is 0 Å². The third kappa shape index (κ3) is 3.99. The van der Waals surface area contributed by atoms with Crippen molar-refractivity contribution in [2.45, 2.75) is 53.0 Å².